The van der Waals surface area contributed by atoms with Gasteiger partial charge >= 0.3 is 18.4 Å². The lowest BCUT2D eigenvalue weighted by molar-refractivity contribution is -0.143. The average molecular weight is 479 g/mol. The number of alkyl halides is 6. The maximum Gasteiger partial charge on any atom is 0.416 e. The van der Waals surface area contributed by atoms with E-state index in [2.05, 4.69) is 15.0 Å². The third-order valence-electron chi connectivity index (χ3n) is 4.84. The maximum atomic E-state index is 13.1. The van der Waals surface area contributed by atoms with Crippen LogP contribution in [0.3, 0.4) is 0 Å². The molecular formula is C18H15F6N5O4. The number of hydrogen-bond acceptors (Lipinski definition) is 8. The van der Waals surface area contributed by atoms with E-state index in [1.54, 1.807) is 0 Å². The standard InChI is InChI=1S/C18H15F6N5O4/c19-17(20,21)7-1-8(18(22,23)24)3-9(2-7)33-16-27-13(25)12-14(28-16)29(6-26-12)15-11(31)4-10(5-30)32-15/h1-3,6,10-11,15,30-31H,4-5H2,(H2,25,27,28)/t10?,11-,15?/m1/s1. The number of nitrogens with zero attached hydrogens (tertiary/aromatic N) is 4. The Morgan fingerprint density at radius 2 is 1.73 bits per heavy atom. The van der Waals surface area contributed by atoms with Crippen molar-refractivity contribution in [1.29, 1.82) is 0 Å². The number of nitrogens with two attached hydrogens (primary N) is 1. The molecule has 0 radical (unpaired) electrons. The molecule has 2 aromatic heterocycles. The van der Waals surface area contributed by atoms with E-state index >= 15 is 0 Å². The van der Waals surface area contributed by atoms with E-state index < -0.39 is 53.7 Å². The highest BCUT2D eigenvalue weighted by Gasteiger charge is 2.38. The van der Waals surface area contributed by atoms with Crippen molar-refractivity contribution in [3.8, 4) is 11.8 Å². The summed E-state index contributed by atoms with van der Waals surface area (Å²) in [5.41, 5.74) is 2.62. The summed E-state index contributed by atoms with van der Waals surface area (Å²) in [5.74, 6) is -1.09. The number of rotatable bonds is 4. The molecule has 1 saturated heterocycles. The van der Waals surface area contributed by atoms with Gasteiger partial charge in [-0.2, -0.15) is 36.3 Å². The van der Waals surface area contributed by atoms with Gasteiger partial charge in [0, 0.05) is 6.42 Å². The third-order valence-corrected chi connectivity index (χ3v) is 4.84. The summed E-state index contributed by atoms with van der Waals surface area (Å²) in [4.78, 5) is 11.7. The second-order valence-corrected chi connectivity index (χ2v) is 7.19. The summed E-state index contributed by atoms with van der Waals surface area (Å²) < 4.78 is 90.4. The lowest BCUT2D eigenvalue weighted by Gasteiger charge is -2.17. The average Bonchev–Trinajstić information content (AvgIpc) is 3.29. The zero-order valence-electron chi connectivity index (χ0n) is 16.3. The largest absolute Gasteiger partial charge is 0.424 e. The summed E-state index contributed by atoms with van der Waals surface area (Å²) in [7, 11) is 0. The first-order valence-corrected chi connectivity index (χ1v) is 9.28. The highest BCUT2D eigenvalue weighted by Crippen LogP contribution is 2.39. The fraction of sp³-hybridized carbons (Fsp3) is 0.389. The molecule has 2 unspecified atom stereocenters. The Hall–Kier alpha value is -3.17. The Morgan fingerprint density at radius 3 is 2.27 bits per heavy atom. The minimum absolute atomic E-state index is 0.0330. The van der Waals surface area contributed by atoms with Crippen LogP contribution in [0.5, 0.6) is 11.8 Å². The van der Waals surface area contributed by atoms with Crippen LogP contribution in [0.4, 0.5) is 32.2 Å². The Labute approximate surface area is 180 Å². The number of aromatic nitrogens is 4. The Kier molecular flexibility index (Phi) is 5.58. The first-order valence-electron chi connectivity index (χ1n) is 9.28. The fourth-order valence-corrected chi connectivity index (χ4v) is 3.34. The first kappa shape index (κ1) is 23.0. The van der Waals surface area contributed by atoms with E-state index in [1.165, 1.54) is 10.9 Å². The molecule has 1 fully saturated rings. The molecule has 3 aromatic rings. The molecule has 4 N–H and O–H groups in total. The summed E-state index contributed by atoms with van der Waals surface area (Å²) >= 11 is 0. The molecule has 1 aliphatic rings. The quantitative estimate of drug-likeness (QED) is 0.488. The number of benzene rings is 1. The molecule has 1 aromatic carbocycles. The molecule has 3 heterocycles. The van der Waals surface area contributed by atoms with Gasteiger partial charge in [-0.3, -0.25) is 4.57 Å². The number of imidazole rings is 1. The highest BCUT2D eigenvalue weighted by molar-refractivity contribution is 5.82. The van der Waals surface area contributed by atoms with Gasteiger partial charge in [0.2, 0.25) is 0 Å². The summed E-state index contributed by atoms with van der Waals surface area (Å²) in [6.07, 6.45) is -11.6. The molecule has 0 spiro atoms. The van der Waals surface area contributed by atoms with Gasteiger partial charge < -0.3 is 25.4 Å². The SMILES string of the molecule is Nc1nc(Oc2cc(C(F)(F)F)cc(C(F)(F)F)c2)nc2c1ncn2C1OC(CO)C[C@H]1O. The van der Waals surface area contributed by atoms with E-state index in [0.717, 1.165) is 0 Å². The third kappa shape index (κ3) is 4.51. The van der Waals surface area contributed by atoms with E-state index in [0.29, 0.717) is 12.1 Å². The predicted molar refractivity (Wildman–Crippen MR) is 97.9 cm³/mol. The molecule has 9 nitrogen and oxygen atoms in total. The molecule has 3 atom stereocenters. The molecule has 0 aliphatic carbocycles. The zero-order chi connectivity index (χ0) is 24.1. The van der Waals surface area contributed by atoms with Crippen LogP contribution in [0.1, 0.15) is 23.8 Å². The number of aliphatic hydroxyl groups is 2. The molecular weight excluding hydrogens is 464 g/mol. The second-order valence-electron chi connectivity index (χ2n) is 7.19. The van der Waals surface area contributed by atoms with Crippen LogP contribution in [0.15, 0.2) is 24.5 Å². The van der Waals surface area contributed by atoms with Crippen molar-refractivity contribution < 1.29 is 46.0 Å². The van der Waals surface area contributed by atoms with Crippen molar-refractivity contribution in [3.63, 3.8) is 0 Å². The molecule has 0 saturated carbocycles. The van der Waals surface area contributed by atoms with E-state index in [4.69, 9.17) is 15.2 Å². The van der Waals surface area contributed by atoms with Gasteiger partial charge in [0.15, 0.2) is 23.2 Å². The minimum atomic E-state index is -5.07. The summed E-state index contributed by atoms with van der Waals surface area (Å²) in [6, 6.07) is 0.0368. The van der Waals surface area contributed by atoms with Crippen LogP contribution < -0.4 is 10.5 Å². The fourth-order valence-electron chi connectivity index (χ4n) is 3.34. The van der Waals surface area contributed by atoms with Crippen molar-refractivity contribution >= 4 is 17.0 Å². The number of hydrogen-bond donors (Lipinski definition) is 3. The van der Waals surface area contributed by atoms with Crippen molar-refractivity contribution in [1.82, 2.24) is 19.5 Å². The number of fused-ring (bicyclic) bond motifs is 1. The van der Waals surface area contributed by atoms with Crippen molar-refractivity contribution in [3.05, 3.63) is 35.7 Å². The Morgan fingerprint density at radius 1 is 1.09 bits per heavy atom. The normalized spacial score (nSPS) is 21.6. The molecule has 0 amide bonds. The van der Waals surface area contributed by atoms with E-state index in [1.807, 2.05) is 0 Å². The van der Waals surface area contributed by atoms with Crippen LogP contribution >= 0.6 is 0 Å². The van der Waals surface area contributed by atoms with Crippen LogP contribution in [0.2, 0.25) is 0 Å². The van der Waals surface area contributed by atoms with Gasteiger partial charge in [0.05, 0.1) is 30.2 Å². The van der Waals surface area contributed by atoms with Gasteiger partial charge in [-0.15, -0.1) is 0 Å². The molecule has 4 rings (SSSR count). The molecule has 15 heteroatoms. The van der Waals surface area contributed by atoms with Crippen LogP contribution in [-0.4, -0.2) is 48.5 Å². The molecule has 33 heavy (non-hydrogen) atoms. The monoisotopic (exact) mass is 479 g/mol. The molecule has 0 bridgehead atoms. The topological polar surface area (TPSA) is 129 Å². The second kappa shape index (κ2) is 8.00. The van der Waals surface area contributed by atoms with Gasteiger partial charge in [-0.05, 0) is 18.2 Å². The van der Waals surface area contributed by atoms with Gasteiger partial charge in [-0.1, -0.05) is 0 Å². The Balaban J connectivity index is 1.74. The Bertz CT molecular complexity index is 1150. The van der Waals surface area contributed by atoms with Crippen LogP contribution in [-0.2, 0) is 17.1 Å². The van der Waals surface area contributed by atoms with Crippen molar-refractivity contribution in [2.75, 3.05) is 12.3 Å². The van der Waals surface area contributed by atoms with Crippen LogP contribution in [0.25, 0.3) is 11.2 Å². The number of aliphatic hydroxyl groups excluding tert-OH is 2. The maximum absolute atomic E-state index is 13.1. The smallest absolute Gasteiger partial charge is 0.416 e. The predicted octanol–water partition coefficient (Wildman–Crippen LogP) is 2.88. The van der Waals surface area contributed by atoms with Crippen molar-refractivity contribution in [2.45, 2.75) is 37.2 Å². The number of nitrogen functional groups attached to an aromatic ring is 1. The highest BCUT2D eigenvalue weighted by atomic mass is 19.4. The van der Waals surface area contributed by atoms with Gasteiger partial charge in [-0.25, -0.2) is 4.98 Å². The summed E-state index contributed by atoms with van der Waals surface area (Å²) in [6.45, 7) is -0.358. The van der Waals surface area contributed by atoms with E-state index in [-0.39, 0.29) is 36.1 Å². The van der Waals surface area contributed by atoms with E-state index in [9.17, 15) is 36.6 Å². The first-order chi connectivity index (χ1) is 15.4. The molecule has 178 valence electrons. The van der Waals surface area contributed by atoms with Gasteiger partial charge in [0.25, 0.3) is 0 Å². The number of anilines is 1. The molecule has 1 aliphatic heterocycles. The number of ether oxygens (including phenoxy) is 2. The van der Waals surface area contributed by atoms with Crippen LogP contribution in [0, 0.1) is 0 Å². The lowest BCUT2D eigenvalue weighted by atomic mass is 10.1. The zero-order valence-corrected chi connectivity index (χ0v) is 16.3. The number of halogens is 6. The van der Waals surface area contributed by atoms with Gasteiger partial charge in [0.1, 0.15) is 11.9 Å². The van der Waals surface area contributed by atoms with Crippen molar-refractivity contribution in [2.24, 2.45) is 0 Å². The minimum Gasteiger partial charge on any atom is -0.424 e. The summed E-state index contributed by atoms with van der Waals surface area (Å²) in [5, 5.41) is 19.4. The lowest BCUT2D eigenvalue weighted by Crippen LogP contribution is -2.19.